The second-order valence-corrected chi connectivity index (χ2v) is 8.38. The predicted octanol–water partition coefficient (Wildman–Crippen LogP) is 4.23. The van der Waals surface area contributed by atoms with Crippen molar-refractivity contribution in [2.45, 2.75) is 11.8 Å². The molecule has 0 atom stereocenters. The summed E-state index contributed by atoms with van der Waals surface area (Å²) in [4.78, 5) is 0.216. The first-order valence-corrected chi connectivity index (χ1v) is 10.5. The standard InChI is InChI=1S/C22H20N4O2S/c1-16-7-13-19(14-8-16)26-22(23)15-21(24-26)17-9-11-18(12-10-17)25-29(27,28)20-5-3-2-4-6-20/h2-15,25H,23H2,1H3. The number of hydrogen-bond acceptors (Lipinski definition) is 4. The molecule has 4 rings (SSSR count). The van der Waals surface area contributed by atoms with Crippen LogP contribution in [0.2, 0.25) is 0 Å². The van der Waals surface area contributed by atoms with Crippen LogP contribution in [0.1, 0.15) is 5.56 Å². The van der Waals surface area contributed by atoms with Crippen LogP contribution in [0, 0.1) is 6.92 Å². The van der Waals surface area contributed by atoms with E-state index in [0.29, 0.717) is 17.2 Å². The topological polar surface area (TPSA) is 90.0 Å². The van der Waals surface area contributed by atoms with Gasteiger partial charge < -0.3 is 5.73 Å². The summed E-state index contributed by atoms with van der Waals surface area (Å²) >= 11 is 0. The SMILES string of the molecule is Cc1ccc(-n2nc(-c3ccc(NS(=O)(=O)c4ccccc4)cc3)cc2N)cc1. The molecule has 3 aromatic carbocycles. The highest BCUT2D eigenvalue weighted by Gasteiger charge is 2.14. The first kappa shape index (κ1) is 18.8. The lowest BCUT2D eigenvalue weighted by atomic mass is 10.1. The van der Waals surface area contributed by atoms with Crippen LogP contribution in [-0.2, 0) is 10.0 Å². The number of rotatable bonds is 5. The van der Waals surface area contributed by atoms with E-state index in [-0.39, 0.29) is 4.90 Å². The number of anilines is 2. The fourth-order valence-corrected chi connectivity index (χ4v) is 4.03. The van der Waals surface area contributed by atoms with E-state index in [9.17, 15) is 8.42 Å². The second-order valence-electron chi connectivity index (χ2n) is 6.70. The van der Waals surface area contributed by atoms with Gasteiger partial charge in [-0.05, 0) is 43.3 Å². The fourth-order valence-electron chi connectivity index (χ4n) is 2.95. The van der Waals surface area contributed by atoms with Crippen LogP contribution in [0.5, 0.6) is 0 Å². The summed E-state index contributed by atoms with van der Waals surface area (Å²) in [7, 11) is -3.62. The third-order valence-electron chi connectivity index (χ3n) is 4.50. The Kier molecular flexibility index (Phi) is 4.82. The second kappa shape index (κ2) is 7.44. The van der Waals surface area contributed by atoms with Crippen molar-refractivity contribution in [3.8, 4) is 16.9 Å². The number of sulfonamides is 1. The lowest BCUT2D eigenvalue weighted by molar-refractivity contribution is 0.601. The zero-order valence-electron chi connectivity index (χ0n) is 15.8. The van der Waals surface area contributed by atoms with Gasteiger partial charge in [-0.3, -0.25) is 4.72 Å². The number of aryl methyl sites for hydroxylation is 1. The maximum absolute atomic E-state index is 12.4. The molecule has 0 fully saturated rings. The Labute approximate surface area is 169 Å². The highest BCUT2D eigenvalue weighted by Crippen LogP contribution is 2.25. The Morgan fingerprint density at radius 1 is 0.897 bits per heavy atom. The molecule has 0 saturated heterocycles. The summed E-state index contributed by atoms with van der Waals surface area (Å²) < 4.78 is 29.1. The van der Waals surface area contributed by atoms with Gasteiger partial charge in [0.1, 0.15) is 5.82 Å². The van der Waals surface area contributed by atoms with Crippen molar-refractivity contribution < 1.29 is 8.42 Å². The molecular formula is C22H20N4O2S. The number of benzene rings is 3. The van der Waals surface area contributed by atoms with E-state index in [2.05, 4.69) is 9.82 Å². The predicted molar refractivity (Wildman–Crippen MR) is 115 cm³/mol. The van der Waals surface area contributed by atoms with Crippen molar-refractivity contribution >= 4 is 21.5 Å². The molecule has 29 heavy (non-hydrogen) atoms. The van der Waals surface area contributed by atoms with Crippen LogP contribution in [0.4, 0.5) is 11.5 Å². The zero-order valence-corrected chi connectivity index (χ0v) is 16.6. The van der Waals surface area contributed by atoms with E-state index in [1.54, 1.807) is 53.2 Å². The summed E-state index contributed by atoms with van der Waals surface area (Å²) in [5, 5.41) is 4.58. The normalized spacial score (nSPS) is 11.3. The van der Waals surface area contributed by atoms with Crippen LogP contribution < -0.4 is 10.5 Å². The maximum atomic E-state index is 12.4. The lowest BCUT2D eigenvalue weighted by Gasteiger charge is -2.08. The van der Waals surface area contributed by atoms with Crippen molar-refractivity contribution in [2.75, 3.05) is 10.5 Å². The van der Waals surface area contributed by atoms with Gasteiger partial charge >= 0.3 is 0 Å². The van der Waals surface area contributed by atoms with E-state index in [4.69, 9.17) is 5.73 Å². The van der Waals surface area contributed by atoms with Crippen LogP contribution in [0.15, 0.2) is 89.8 Å². The van der Waals surface area contributed by atoms with Crippen LogP contribution in [-0.4, -0.2) is 18.2 Å². The first-order valence-electron chi connectivity index (χ1n) is 9.03. The van der Waals surface area contributed by atoms with Gasteiger partial charge in [0.15, 0.2) is 0 Å². The van der Waals surface area contributed by atoms with Gasteiger partial charge in [-0.1, -0.05) is 48.0 Å². The van der Waals surface area contributed by atoms with Gasteiger partial charge in [-0.15, -0.1) is 0 Å². The van der Waals surface area contributed by atoms with Gasteiger partial charge in [0, 0.05) is 17.3 Å². The smallest absolute Gasteiger partial charge is 0.261 e. The minimum Gasteiger partial charge on any atom is -0.384 e. The molecule has 3 N–H and O–H groups in total. The van der Waals surface area contributed by atoms with E-state index in [0.717, 1.165) is 16.8 Å². The molecule has 0 unspecified atom stereocenters. The van der Waals surface area contributed by atoms with Gasteiger partial charge in [-0.25, -0.2) is 13.1 Å². The third kappa shape index (κ3) is 4.00. The van der Waals surface area contributed by atoms with Crippen molar-refractivity contribution in [1.29, 1.82) is 0 Å². The maximum Gasteiger partial charge on any atom is 0.261 e. The molecule has 1 aromatic heterocycles. The summed E-state index contributed by atoms with van der Waals surface area (Å²) in [6.07, 6.45) is 0. The minimum atomic E-state index is -3.62. The lowest BCUT2D eigenvalue weighted by Crippen LogP contribution is -2.12. The molecule has 0 amide bonds. The number of aromatic nitrogens is 2. The zero-order chi connectivity index (χ0) is 20.4. The number of hydrogen-bond donors (Lipinski definition) is 2. The number of nitrogens with zero attached hydrogens (tertiary/aromatic N) is 2. The number of nitrogens with one attached hydrogen (secondary N) is 1. The molecular weight excluding hydrogens is 384 g/mol. The Hall–Kier alpha value is -3.58. The summed E-state index contributed by atoms with van der Waals surface area (Å²) in [6, 6.07) is 25.0. The molecule has 0 saturated carbocycles. The summed E-state index contributed by atoms with van der Waals surface area (Å²) in [5.41, 5.74) is 10.2. The number of nitrogens with two attached hydrogens (primary N) is 1. The minimum absolute atomic E-state index is 0.216. The molecule has 0 aliphatic carbocycles. The molecule has 0 radical (unpaired) electrons. The molecule has 146 valence electrons. The van der Waals surface area contributed by atoms with Gasteiger partial charge in [-0.2, -0.15) is 5.10 Å². The highest BCUT2D eigenvalue weighted by molar-refractivity contribution is 7.92. The molecule has 1 heterocycles. The van der Waals surface area contributed by atoms with E-state index in [1.807, 2.05) is 43.3 Å². The molecule has 0 aliphatic heterocycles. The van der Waals surface area contributed by atoms with Crippen molar-refractivity contribution in [1.82, 2.24) is 9.78 Å². The average molecular weight is 404 g/mol. The van der Waals surface area contributed by atoms with E-state index >= 15 is 0 Å². The third-order valence-corrected chi connectivity index (χ3v) is 5.90. The Morgan fingerprint density at radius 3 is 2.21 bits per heavy atom. The molecule has 0 spiro atoms. The molecule has 0 aliphatic rings. The van der Waals surface area contributed by atoms with Crippen LogP contribution in [0.3, 0.4) is 0 Å². The largest absolute Gasteiger partial charge is 0.384 e. The van der Waals surface area contributed by atoms with Crippen molar-refractivity contribution in [2.24, 2.45) is 0 Å². The average Bonchev–Trinajstić information content (AvgIpc) is 3.11. The Bertz CT molecular complexity index is 1230. The van der Waals surface area contributed by atoms with Gasteiger partial charge in [0.25, 0.3) is 10.0 Å². The molecule has 7 heteroatoms. The highest BCUT2D eigenvalue weighted by atomic mass is 32.2. The molecule has 4 aromatic rings. The monoisotopic (exact) mass is 404 g/mol. The van der Waals surface area contributed by atoms with E-state index < -0.39 is 10.0 Å². The molecule has 0 bridgehead atoms. The van der Waals surface area contributed by atoms with Crippen molar-refractivity contribution in [3.05, 3.63) is 90.5 Å². The quantitative estimate of drug-likeness (QED) is 0.521. The van der Waals surface area contributed by atoms with E-state index in [1.165, 1.54) is 0 Å². The first-order chi connectivity index (χ1) is 13.9. The Morgan fingerprint density at radius 2 is 1.55 bits per heavy atom. The van der Waals surface area contributed by atoms with Crippen LogP contribution >= 0.6 is 0 Å². The number of nitrogen functional groups attached to an aromatic ring is 1. The fraction of sp³-hybridized carbons (Fsp3) is 0.0455. The summed E-state index contributed by atoms with van der Waals surface area (Å²) in [6.45, 7) is 2.02. The van der Waals surface area contributed by atoms with Crippen molar-refractivity contribution in [3.63, 3.8) is 0 Å². The van der Waals surface area contributed by atoms with Gasteiger partial charge in [0.05, 0.1) is 16.3 Å². The molecule has 6 nitrogen and oxygen atoms in total. The Balaban J connectivity index is 1.57. The van der Waals surface area contributed by atoms with Crippen LogP contribution in [0.25, 0.3) is 16.9 Å². The van der Waals surface area contributed by atoms with Gasteiger partial charge in [0.2, 0.25) is 0 Å². The summed E-state index contributed by atoms with van der Waals surface area (Å²) in [5.74, 6) is 0.526.